The quantitative estimate of drug-likeness (QED) is 0.681. The Morgan fingerprint density at radius 1 is 0.929 bits per heavy atom. The van der Waals surface area contributed by atoms with Crippen molar-refractivity contribution in [2.24, 2.45) is 11.8 Å². The molecule has 3 aliphatic rings. The van der Waals surface area contributed by atoms with Crippen LogP contribution in [0.5, 0.6) is 0 Å². The summed E-state index contributed by atoms with van der Waals surface area (Å²) in [6.07, 6.45) is 7.48. The van der Waals surface area contributed by atoms with Crippen molar-refractivity contribution in [2.75, 3.05) is 32.7 Å². The summed E-state index contributed by atoms with van der Waals surface area (Å²) >= 11 is 0. The van der Waals surface area contributed by atoms with Gasteiger partial charge in [-0.3, -0.25) is 19.3 Å². The van der Waals surface area contributed by atoms with Gasteiger partial charge in [-0.2, -0.15) is 0 Å². The Kier molecular flexibility index (Phi) is 7.32. The van der Waals surface area contributed by atoms with Gasteiger partial charge in [0.05, 0.1) is 6.54 Å². The number of amides is 3. The molecular formula is C21H36N4O3. The van der Waals surface area contributed by atoms with Crippen LogP contribution in [0.3, 0.4) is 0 Å². The van der Waals surface area contributed by atoms with Gasteiger partial charge in [-0.15, -0.1) is 0 Å². The molecule has 0 aromatic heterocycles. The number of hydrogen-bond acceptors (Lipinski definition) is 4. The van der Waals surface area contributed by atoms with Crippen LogP contribution in [0, 0.1) is 11.8 Å². The highest BCUT2D eigenvalue weighted by Crippen LogP contribution is 2.24. The number of piperazine rings is 1. The highest BCUT2D eigenvalue weighted by Gasteiger charge is 2.33. The molecule has 1 aliphatic heterocycles. The summed E-state index contributed by atoms with van der Waals surface area (Å²) in [7, 11) is 0. The van der Waals surface area contributed by atoms with Crippen molar-refractivity contribution in [3.8, 4) is 0 Å². The van der Waals surface area contributed by atoms with Gasteiger partial charge in [0.1, 0.15) is 6.04 Å². The normalized spacial score (nSPS) is 22.8. The Bertz CT molecular complexity index is 562. The largest absolute Gasteiger partial charge is 0.352 e. The fraction of sp³-hybridized carbons (Fsp3) is 0.857. The van der Waals surface area contributed by atoms with Crippen LogP contribution in [-0.4, -0.2) is 72.3 Å². The van der Waals surface area contributed by atoms with Crippen molar-refractivity contribution in [2.45, 2.75) is 70.9 Å². The first-order valence-electron chi connectivity index (χ1n) is 11.0. The van der Waals surface area contributed by atoms with Gasteiger partial charge in [-0.25, -0.2) is 0 Å². The molecule has 1 unspecified atom stereocenters. The van der Waals surface area contributed by atoms with Gasteiger partial charge in [0, 0.05) is 38.1 Å². The predicted octanol–water partition coefficient (Wildman–Crippen LogP) is 1.13. The summed E-state index contributed by atoms with van der Waals surface area (Å²) in [5, 5.41) is 6.06. The molecule has 7 nitrogen and oxygen atoms in total. The van der Waals surface area contributed by atoms with Gasteiger partial charge in [0.15, 0.2) is 0 Å². The van der Waals surface area contributed by atoms with Crippen molar-refractivity contribution in [1.82, 2.24) is 20.4 Å². The van der Waals surface area contributed by atoms with Crippen molar-refractivity contribution in [3.05, 3.63) is 0 Å². The monoisotopic (exact) mass is 392 g/mol. The lowest BCUT2D eigenvalue weighted by Gasteiger charge is -2.37. The smallest absolute Gasteiger partial charge is 0.245 e. The maximum absolute atomic E-state index is 13.1. The summed E-state index contributed by atoms with van der Waals surface area (Å²) in [4.78, 5) is 41.6. The first-order chi connectivity index (χ1) is 13.4. The number of carbonyl (C=O) groups is 3. The van der Waals surface area contributed by atoms with Crippen LogP contribution in [-0.2, 0) is 14.4 Å². The van der Waals surface area contributed by atoms with Gasteiger partial charge in [-0.05, 0) is 31.6 Å². The molecule has 1 saturated heterocycles. The third kappa shape index (κ3) is 5.93. The highest BCUT2D eigenvalue weighted by molar-refractivity contribution is 5.89. The van der Waals surface area contributed by atoms with E-state index in [4.69, 9.17) is 0 Å². The summed E-state index contributed by atoms with van der Waals surface area (Å²) in [6.45, 7) is 7.00. The summed E-state index contributed by atoms with van der Waals surface area (Å²) < 4.78 is 0. The SMILES string of the molecule is CC(C)C(NC(=O)C1CCCCC1)C(=O)N1CCN(CC(=O)NC2CC2)CC1. The van der Waals surface area contributed by atoms with Gasteiger partial charge in [-0.1, -0.05) is 33.1 Å². The molecule has 3 amide bonds. The topological polar surface area (TPSA) is 81.8 Å². The third-order valence-electron chi connectivity index (χ3n) is 6.20. The molecule has 2 aliphatic carbocycles. The summed E-state index contributed by atoms with van der Waals surface area (Å²) in [6, 6.07) is -0.0749. The second kappa shape index (κ2) is 9.72. The van der Waals surface area contributed by atoms with Crippen LogP contribution in [0.1, 0.15) is 58.8 Å². The van der Waals surface area contributed by atoms with Gasteiger partial charge < -0.3 is 15.5 Å². The molecule has 0 bridgehead atoms. The molecular weight excluding hydrogens is 356 g/mol. The summed E-state index contributed by atoms with van der Waals surface area (Å²) in [5.74, 6) is 0.262. The Labute approximate surface area is 168 Å². The first kappa shape index (κ1) is 21.1. The molecule has 0 spiro atoms. The minimum absolute atomic E-state index is 0.0150. The zero-order chi connectivity index (χ0) is 20.1. The predicted molar refractivity (Wildman–Crippen MR) is 108 cm³/mol. The zero-order valence-electron chi connectivity index (χ0n) is 17.4. The van der Waals surface area contributed by atoms with E-state index in [0.717, 1.165) is 38.5 Å². The highest BCUT2D eigenvalue weighted by atomic mass is 16.2. The maximum Gasteiger partial charge on any atom is 0.245 e. The van der Waals surface area contributed by atoms with Crippen molar-refractivity contribution >= 4 is 17.7 Å². The number of carbonyl (C=O) groups excluding carboxylic acids is 3. The van der Waals surface area contributed by atoms with E-state index in [0.29, 0.717) is 38.8 Å². The van der Waals surface area contributed by atoms with E-state index >= 15 is 0 Å². The molecule has 28 heavy (non-hydrogen) atoms. The van der Waals surface area contributed by atoms with E-state index in [1.165, 1.54) is 6.42 Å². The van der Waals surface area contributed by atoms with Crippen LogP contribution in [0.2, 0.25) is 0 Å². The van der Waals surface area contributed by atoms with Crippen LogP contribution in [0.25, 0.3) is 0 Å². The molecule has 3 fully saturated rings. The second-order valence-electron chi connectivity index (χ2n) is 9.01. The fourth-order valence-corrected chi connectivity index (χ4v) is 4.18. The average molecular weight is 393 g/mol. The zero-order valence-corrected chi connectivity index (χ0v) is 17.4. The molecule has 0 radical (unpaired) electrons. The first-order valence-corrected chi connectivity index (χ1v) is 11.0. The molecule has 1 atom stereocenters. The second-order valence-corrected chi connectivity index (χ2v) is 9.01. The van der Waals surface area contributed by atoms with Crippen LogP contribution in [0.4, 0.5) is 0 Å². The molecule has 0 aromatic rings. The third-order valence-corrected chi connectivity index (χ3v) is 6.20. The van der Waals surface area contributed by atoms with Gasteiger partial charge in [0.25, 0.3) is 0 Å². The average Bonchev–Trinajstić information content (AvgIpc) is 3.50. The molecule has 3 rings (SSSR count). The molecule has 2 saturated carbocycles. The van der Waals surface area contributed by atoms with E-state index in [2.05, 4.69) is 15.5 Å². The molecule has 1 heterocycles. The van der Waals surface area contributed by atoms with Crippen LogP contribution >= 0.6 is 0 Å². The lowest BCUT2D eigenvalue weighted by atomic mass is 9.88. The van der Waals surface area contributed by atoms with Crippen molar-refractivity contribution in [1.29, 1.82) is 0 Å². The Hall–Kier alpha value is -1.63. The van der Waals surface area contributed by atoms with Crippen LogP contribution in [0.15, 0.2) is 0 Å². The maximum atomic E-state index is 13.1. The van der Waals surface area contributed by atoms with E-state index in [9.17, 15) is 14.4 Å². The Morgan fingerprint density at radius 2 is 1.57 bits per heavy atom. The van der Waals surface area contributed by atoms with Crippen LogP contribution < -0.4 is 10.6 Å². The molecule has 2 N–H and O–H groups in total. The Balaban J connectivity index is 1.46. The van der Waals surface area contributed by atoms with E-state index in [-0.39, 0.29) is 29.6 Å². The fourth-order valence-electron chi connectivity index (χ4n) is 4.18. The van der Waals surface area contributed by atoms with E-state index in [1.807, 2.05) is 18.7 Å². The number of hydrogen-bond donors (Lipinski definition) is 2. The molecule has 158 valence electrons. The number of nitrogens with one attached hydrogen (secondary N) is 2. The molecule has 7 heteroatoms. The molecule has 0 aromatic carbocycles. The van der Waals surface area contributed by atoms with Crippen molar-refractivity contribution < 1.29 is 14.4 Å². The van der Waals surface area contributed by atoms with Crippen molar-refractivity contribution in [3.63, 3.8) is 0 Å². The lowest BCUT2D eigenvalue weighted by molar-refractivity contribution is -0.140. The van der Waals surface area contributed by atoms with E-state index in [1.54, 1.807) is 0 Å². The minimum Gasteiger partial charge on any atom is -0.352 e. The minimum atomic E-state index is -0.459. The lowest BCUT2D eigenvalue weighted by Crippen LogP contribution is -2.57. The van der Waals surface area contributed by atoms with Gasteiger partial charge in [0.2, 0.25) is 17.7 Å². The standard InChI is InChI=1S/C21H36N4O3/c1-15(2)19(23-20(27)16-6-4-3-5-7-16)21(28)25-12-10-24(11-13-25)14-18(26)22-17-8-9-17/h15-17,19H,3-14H2,1-2H3,(H,22,26)(H,23,27). The Morgan fingerprint density at radius 3 is 2.14 bits per heavy atom. The number of nitrogens with zero attached hydrogens (tertiary/aromatic N) is 2. The number of rotatable bonds is 7. The summed E-state index contributed by atoms with van der Waals surface area (Å²) in [5.41, 5.74) is 0. The van der Waals surface area contributed by atoms with E-state index < -0.39 is 6.04 Å². The van der Waals surface area contributed by atoms with Gasteiger partial charge >= 0.3 is 0 Å².